The van der Waals surface area contributed by atoms with Crippen molar-refractivity contribution < 1.29 is 18.0 Å². The normalized spacial score (nSPS) is 13.4. The molecule has 2 amide bonds. The lowest BCUT2D eigenvalue weighted by molar-refractivity contribution is -0.133. The Hall–Kier alpha value is -2.42. The van der Waals surface area contributed by atoms with E-state index in [9.17, 15) is 18.0 Å². The molecule has 166 valence electrons. The SMILES string of the molecule is CN(CC(=O)Nc1cccc(Cl)c1)C(=O)CCNS(=O)(=O)c1ccc2c(c1)CCCC2. The van der Waals surface area contributed by atoms with Gasteiger partial charge in [-0.3, -0.25) is 9.59 Å². The highest BCUT2D eigenvalue weighted by Crippen LogP contribution is 2.24. The third-order valence-electron chi connectivity index (χ3n) is 5.18. The van der Waals surface area contributed by atoms with Crippen LogP contribution in [0.2, 0.25) is 5.02 Å². The molecular weight excluding hydrogens is 438 g/mol. The summed E-state index contributed by atoms with van der Waals surface area (Å²) in [6.07, 6.45) is 4.01. The molecule has 0 fully saturated rings. The van der Waals surface area contributed by atoms with Crippen molar-refractivity contribution in [3.8, 4) is 0 Å². The van der Waals surface area contributed by atoms with E-state index in [0.29, 0.717) is 10.7 Å². The Morgan fingerprint density at radius 3 is 2.55 bits per heavy atom. The third kappa shape index (κ3) is 6.53. The number of hydrogen-bond acceptors (Lipinski definition) is 4. The summed E-state index contributed by atoms with van der Waals surface area (Å²) in [4.78, 5) is 25.9. The van der Waals surface area contributed by atoms with Crippen LogP contribution < -0.4 is 10.0 Å². The van der Waals surface area contributed by atoms with Crippen molar-refractivity contribution in [2.45, 2.75) is 37.0 Å². The number of carbonyl (C=O) groups excluding carboxylic acids is 2. The van der Waals surface area contributed by atoms with Crippen LogP contribution in [0.1, 0.15) is 30.4 Å². The van der Waals surface area contributed by atoms with Gasteiger partial charge in [0.1, 0.15) is 0 Å². The summed E-state index contributed by atoms with van der Waals surface area (Å²) < 4.78 is 27.6. The molecule has 1 aliphatic carbocycles. The largest absolute Gasteiger partial charge is 0.336 e. The molecule has 0 saturated heterocycles. The van der Waals surface area contributed by atoms with Gasteiger partial charge in [-0.1, -0.05) is 23.7 Å². The first-order valence-electron chi connectivity index (χ1n) is 10.2. The van der Waals surface area contributed by atoms with E-state index in [4.69, 9.17) is 11.6 Å². The number of nitrogens with zero attached hydrogens (tertiary/aromatic N) is 1. The number of nitrogens with one attached hydrogen (secondary N) is 2. The summed E-state index contributed by atoms with van der Waals surface area (Å²) in [5, 5.41) is 3.16. The van der Waals surface area contributed by atoms with Crippen LogP contribution in [0.25, 0.3) is 0 Å². The summed E-state index contributed by atoms with van der Waals surface area (Å²) in [6, 6.07) is 11.9. The number of fused-ring (bicyclic) bond motifs is 1. The quantitative estimate of drug-likeness (QED) is 0.629. The highest BCUT2D eigenvalue weighted by Gasteiger charge is 2.19. The molecule has 9 heteroatoms. The van der Waals surface area contributed by atoms with Crippen molar-refractivity contribution in [3.05, 3.63) is 58.6 Å². The molecule has 0 atom stereocenters. The number of likely N-dealkylation sites (N-methyl/N-ethyl adjacent to an activating group) is 1. The van der Waals surface area contributed by atoms with Gasteiger partial charge in [-0.05, 0) is 67.1 Å². The second-order valence-electron chi connectivity index (χ2n) is 7.59. The monoisotopic (exact) mass is 463 g/mol. The van der Waals surface area contributed by atoms with Gasteiger partial charge in [0, 0.05) is 30.7 Å². The van der Waals surface area contributed by atoms with Crippen molar-refractivity contribution in [1.82, 2.24) is 9.62 Å². The number of halogens is 1. The molecule has 0 spiro atoms. The molecule has 0 bridgehead atoms. The molecule has 3 rings (SSSR count). The van der Waals surface area contributed by atoms with Crippen LogP contribution in [0.15, 0.2) is 47.4 Å². The van der Waals surface area contributed by atoms with Crippen LogP contribution in [0, 0.1) is 0 Å². The molecule has 1 aliphatic rings. The van der Waals surface area contributed by atoms with Crippen molar-refractivity contribution in [1.29, 1.82) is 0 Å². The molecule has 31 heavy (non-hydrogen) atoms. The lowest BCUT2D eigenvalue weighted by Crippen LogP contribution is -2.37. The minimum atomic E-state index is -3.70. The highest BCUT2D eigenvalue weighted by atomic mass is 35.5. The standard InChI is InChI=1S/C22H26ClN3O4S/c1-26(15-21(27)25-19-8-4-7-18(23)14-19)22(28)11-12-24-31(29,30)20-10-9-16-5-2-3-6-17(16)13-20/h4,7-10,13-14,24H,2-3,5-6,11-12,15H2,1H3,(H,25,27). The smallest absolute Gasteiger partial charge is 0.243 e. The van der Waals surface area contributed by atoms with Crippen molar-refractivity contribution in [2.75, 3.05) is 25.5 Å². The Morgan fingerprint density at radius 1 is 1.06 bits per heavy atom. The van der Waals surface area contributed by atoms with E-state index in [1.54, 1.807) is 36.4 Å². The fourth-order valence-electron chi connectivity index (χ4n) is 3.51. The zero-order valence-corrected chi connectivity index (χ0v) is 18.9. The molecule has 0 aliphatic heterocycles. The number of aryl methyl sites for hydroxylation is 2. The first-order valence-corrected chi connectivity index (χ1v) is 12.0. The van der Waals surface area contributed by atoms with Gasteiger partial charge in [0.15, 0.2) is 0 Å². The van der Waals surface area contributed by atoms with Gasteiger partial charge in [0.25, 0.3) is 0 Å². The van der Waals surface area contributed by atoms with Gasteiger partial charge in [-0.25, -0.2) is 13.1 Å². The Morgan fingerprint density at radius 2 is 1.81 bits per heavy atom. The third-order valence-corrected chi connectivity index (χ3v) is 6.87. The van der Waals surface area contributed by atoms with Crippen LogP contribution in [-0.4, -0.2) is 45.3 Å². The number of anilines is 1. The maximum absolute atomic E-state index is 12.6. The summed E-state index contributed by atoms with van der Waals surface area (Å²) >= 11 is 5.89. The van der Waals surface area contributed by atoms with Crippen LogP contribution in [-0.2, 0) is 32.5 Å². The van der Waals surface area contributed by atoms with Crippen molar-refractivity contribution >= 4 is 39.1 Å². The molecule has 7 nitrogen and oxygen atoms in total. The Bertz CT molecular complexity index is 1070. The molecule has 0 heterocycles. The zero-order valence-electron chi connectivity index (χ0n) is 17.4. The van der Waals surface area contributed by atoms with E-state index >= 15 is 0 Å². The molecule has 0 saturated carbocycles. The summed E-state index contributed by atoms with van der Waals surface area (Å²) in [6.45, 7) is -0.193. The zero-order chi connectivity index (χ0) is 22.4. The van der Waals surface area contributed by atoms with Gasteiger partial charge < -0.3 is 10.2 Å². The number of sulfonamides is 1. The van der Waals surface area contributed by atoms with Crippen LogP contribution >= 0.6 is 11.6 Å². The van der Waals surface area contributed by atoms with Gasteiger partial charge >= 0.3 is 0 Å². The molecule has 0 radical (unpaired) electrons. The average molecular weight is 464 g/mol. The van der Waals surface area contributed by atoms with Gasteiger partial charge in [-0.15, -0.1) is 0 Å². The predicted octanol–water partition coefficient (Wildman–Crippen LogP) is 2.98. The van der Waals surface area contributed by atoms with E-state index in [-0.39, 0.29) is 36.2 Å². The Kier molecular flexibility index (Phi) is 7.69. The molecule has 2 N–H and O–H groups in total. The van der Waals surface area contributed by atoms with E-state index in [1.807, 2.05) is 6.07 Å². The topological polar surface area (TPSA) is 95.6 Å². The second-order valence-corrected chi connectivity index (χ2v) is 9.80. The fourth-order valence-corrected chi connectivity index (χ4v) is 4.79. The molecule has 0 aromatic heterocycles. The fraction of sp³-hybridized carbons (Fsp3) is 0.364. The van der Waals surface area contributed by atoms with Crippen LogP contribution in [0.3, 0.4) is 0 Å². The minimum Gasteiger partial charge on any atom is -0.336 e. The first-order chi connectivity index (χ1) is 14.7. The molecule has 0 unspecified atom stereocenters. The summed E-state index contributed by atoms with van der Waals surface area (Å²) in [5.74, 6) is -0.706. The first kappa shape index (κ1) is 23.2. The van der Waals surface area contributed by atoms with E-state index in [1.165, 1.54) is 17.5 Å². The predicted molar refractivity (Wildman–Crippen MR) is 121 cm³/mol. The van der Waals surface area contributed by atoms with Gasteiger partial charge in [0.05, 0.1) is 11.4 Å². The number of hydrogen-bond donors (Lipinski definition) is 2. The lowest BCUT2D eigenvalue weighted by atomic mass is 9.92. The highest BCUT2D eigenvalue weighted by molar-refractivity contribution is 7.89. The van der Waals surface area contributed by atoms with Crippen molar-refractivity contribution in [2.24, 2.45) is 0 Å². The molecule has 2 aromatic rings. The van der Waals surface area contributed by atoms with Crippen LogP contribution in [0.4, 0.5) is 5.69 Å². The lowest BCUT2D eigenvalue weighted by Gasteiger charge is -2.18. The number of amides is 2. The summed E-state index contributed by atoms with van der Waals surface area (Å²) in [7, 11) is -2.20. The number of benzene rings is 2. The molecule has 2 aromatic carbocycles. The minimum absolute atomic E-state index is 0.0432. The average Bonchev–Trinajstić information content (AvgIpc) is 2.73. The second kappa shape index (κ2) is 10.3. The molecular formula is C22H26ClN3O4S. The summed E-state index contributed by atoms with van der Waals surface area (Å²) in [5.41, 5.74) is 2.82. The van der Waals surface area contributed by atoms with Gasteiger partial charge in [-0.2, -0.15) is 0 Å². The Labute approximate surface area is 187 Å². The van der Waals surface area contributed by atoms with E-state index < -0.39 is 10.0 Å². The van der Waals surface area contributed by atoms with Gasteiger partial charge in [0.2, 0.25) is 21.8 Å². The number of carbonyl (C=O) groups is 2. The van der Waals surface area contributed by atoms with E-state index in [2.05, 4.69) is 10.0 Å². The maximum atomic E-state index is 12.6. The van der Waals surface area contributed by atoms with Crippen LogP contribution in [0.5, 0.6) is 0 Å². The number of rotatable bonds is 8. The van der Waals surface area contributed by atoms with E-state index in [0.717, 1.165) is 31.2 Å². The van der Waals surface area contributed by atoms with Crippen molar-refractivity contribution in [3.63, 3.8) is 0 Å². The maximum Gasteiger partial charge on any atom is 0.243 e. The Balaban J connectivity index is 1.48.